The maximum atomic E-state index is 13.6. The van der Waals surface area contributed by atoms with Gasteiger partial charge in [0.25, 0.3) is 5.91 Å². The van der Waals surface area contributed by atoms with Gasteiger partial charge in [-0.1, -0.05) is 12.1 Å². The summed E-state index contributed by atoms with van der Waals surface area (Å²) in [6.07, 6.45) is 0.856. The zero-order valence-electron chi connectivity index (χ0n) is 14.8. The molecule has 2 aliphatic rings. The number of hydrogen-bond donors (Lipinski definition) is 1. The first-order chi connectivity index (χ1) is 11.9. The fourth-order valence-electron chi connectivity index (χ4n) is 3.32. The van der Waals surface area contributed by atoms with Crippen LogP contribution in [0.1, 0.15) is 18.0 Å². The summed E-state index contributed by atoms with van der Waals surface area (Å²) < 4.78 is 13.6. The fraction of sp³-hybridized carbons (Fsp3) is 0.444. The van der Waals surface area contributed by atoms with Crippen LogP contribution < -0.4 is 5.32 Å². The van der Waals surface area contributed by atoms with Gasteiger partial charge in [0.1, 0.15) is 5.82 Å². The summed E-state index contributed by atoms with van der Waals surface area (Å²) >= 11 is 0. The van der Waals surface area contributed by atoms with Crippen LogP contribution in [0.15, 0.2) is 35.5 Å². The van der Waals surface area contributed by atoms with Crippen molar-refractivity contribution in [3.8, 4) is 0 Å². The molecule has 0 aromatic heterocycles. The van der Waals surface area contributed by atoms with Gasteiger partial charge in [-0.3, -0.25) is 9.69 Å². The molecule has 25 heavy (non-hydrogen) atoms. The third-order valence-corrected chi connectivity index (χ3v) is 4.65. The number of likely N-dealkylation sites (N-methyl/N-ethyl adjacent to an activating group) is 1. The Labute approximate surface area is 146 Å². The van der Waals surface area contributed by atoms with Crippen LogP contribution in [0.3, 0.4) is 0 Å². The average Bonchev–Trinajstić information content (AvgIpc) is 2.88. The van der Waals surface area contributed by atoms with Crippen LogP contribution in [-0.2, 0) is 4.79 Å². The van der Waals surface area contributed by atoms with E-state index in [1.807, 2.05) is 14.1 Å². The number of nitrogens with zero attached hydrogens (tertiary/aromatic N) is 3. The smallest absolute Gasteiger partial charge is 0.322 e. The number of amides is 3. The highest BCUT2D eigenvalue weighted by molar-refractivity contribution is 6.01. The Bertz CT molecular complexity index is 732. The predicted octanol–water partition coefficient (Wildman–Crippen LogP) is 1.57. The largest absolute Gasteiger partial charge is 0.333 e. The summed E-state index contributed by atoms with van der Waals surface area (Å²) in [6.45, 7) is 1.92. The van der Waals surface area contributed by atoms with Gasteiger partial charge < -0.3 is 15.1 Å². The molecule has 0 saturated carbocycles. The Kier molecular flexibility index (Phi) is 4.76. The fourth-order valence-corrected chi connectivity index (χ4v) is 3.32. The van der Waals surface area contributed by atoms with Gasteiger partial charge >= 0.3 is 6.03 Å². The normalized spacial score (nSPS) is 20.4. The first-order valence-electron chi connectivity index (χ1n) is 8.35. The second-order valence-corrected chi connectivity index (χ2v) is 6.74. The highest BCUT2D eigenvalue weighted by Gasteiger charge is 2.42. The van der Waals surface area contributed by atoms with Crippen LogP contribution in [0.4, 0.5) is 9.18 Å². The van der Waals surface area contributed by atoms with Gasteiger partial charge in [-0.2, -0.15) is 0 Å². The number of nitrogens with one attached hydrogen (secondary N) is 1. The lowest BCUT2D eigenvalue weighted by Gasteiger charge is -2.31. The molecular weight excluding hydrogens is 323 g/mol. The van der Waals surface area contributed by atoms with E-state index >= 15 is 0 Å². The Hall–Kier alpha value is -2.41. The second-order valence-electron chi connectivity index (χ2n) is 6.74. The van der Waals surface area contributed by atoms with Crippen LogP contribution in [0.25, 0.3) is 0 Å². The molecule has 0 aliphatic carbocycles. The Morgan fingerprint density at radius 2 is 2.08 bits per heavy atom. The van der Waals surface area contributed by atoms with E-state index in [1.165, 1.54) is 17.0 Å². The van der Waals surface area contributed by atoms with Gasteiger partial charge in [-0.25, -0.2) is 9.18 Å². The van der Waals surface area contributed by atoms with Gasteiger partial charge in [-0.05, 0) is 44.8 Å². The second kappa shape index (κ2) is 6.84. The molecule has 0 fully saturated rings. The van der Waals surface area contributed by atoms with Crippen molar-refractivity contribution in [3.05, 3.63) is 46.9 Å². The Morgan fingerprint density at radius 3 is 2.76 bits per heavy atom. The molecule has 1 atom stereocenters. The SMILES string of the molecule is CN(C)CCCN1CC2=C(C1=O)[C@H](c1cccc(F)c1)NC(=O)N2C. The van der Waals surface area contributed by atoms with Gasteiger partial charge in [-0.15, -0.1) is 0 Å². The third-order valence-electron chi connectivity index (χ3n) is 4.65. The number of carbonyl (C=O) groups excluding carboxylic acids is 2. The molecule has 3 rings (SSSR count). The highest BCUT2D eigenvalue weighted by Crippen LogP contribution is 2.35. The minimum Gasteiger partial charge on any atom is -0.333 e. The highest BCUT2D eigenvalue weighted by atomic mass is 19.1. The van der Waals surface area contributed by atoms with Crippen molar-refractivity contribution in [2.24, 2.45) is 0 Å². The molecular formula is C18H23FN4O2. The van der Waals surface area contributed by atoms with Crippen LogP contribution in [0.2, 0.25) is 0 Å². The molecule has 1 aromatic rings. The van der Waals surface area contributed by atoms with Crippen LogP contribution in [0, 0.1) is 5.82 Å². The van der Waals surface area contributed by atoms with Gasteiger partial charge in [0.15, 0.2) is 0 Å². The molecule has 6 nitrogen and oxygen atoms in total. The van der Waals surface area contributed by atoms with Crippen molar-refractivity contribution in [1.82, 2.24) is 20.0 Å². The summed E-state index contributed by atoms with van der Waals surface area (Å²) in [5.74, 6) is -0.476. The van der Waals surface area contributed by atoms with E-state index in [-0.39, 0.29) is 17.8 Å². The quantitative estimate of drug-likeness (QED) is 0.881. The topological polar surface area (TPSA) is 55.9 Å². The third kappa shape index (κ3) is 3.37. The minimum atomic E-state index is -0.610. The number of carbonyl (C=O) groups is 2. The zero-order valence-corrected chi connectivity index (χ0v) is 14.8. The maximum Gasteiger partial charge on any atom is 0.322 e. The van der Waals surface area contributed by atoms with Crippen LogP contribution >= 0.6 is 0 Å². The molecule has 2 aliphatic heterocycles. The summed E-state index contributed by atoms with van der Waals surface area (Å²) in [4.78, 5) is 30.5. The molecule has 134 valence electrons. The molecule has 0 spiro atoms. The van der Waals surface area contributed by atoms with E-state index in [0.717, 1.165) is 13.0 Å². The molecule has 2 heterocycles. The number of hydrogen-bond acceptors (Lipinski definition) is 3. The maximum absolute atomic E-state index is 13.6. The van der Waals surface area contributed by atoms with E-state index in [2.05, 4.69) is 10.2 Å². The zero-order chi connectivity index (χ0) is 18.1. The number of halogens is 1. The van der Waals surface area contributed by atoms with E-state index < -0.39 is 6.04 Å². The predicted molar refractivity (Wildman–Crippen MR) is 92.2 cm³/mol. The van der Waals surface area contributed by atoms with E-state index in [1.54, 1.807) is 24.1 Å². The number of rotatable bonds is 5. The molecule has 0 unspecified atom stereocenters. The van der Waals surface area contributed by atoms with Crippen LogP contribution in [0.5, 0.6) is 0 Å². The molecule has 7 heteroatoms. The number of urea groups is 1. The van der Waals surface area contributed by atoms with Crippen molar-refractivity contribution < 1.29 is 14.0 Å². The van der Waals surface area contributed by atoms with Gasteiger partial charge in [0.2, 0.25) is 0 Å². The minimum absolute atomic E-state index is 0.0881. The molecule has 0 saturated heterocycles. The summed E-state index contributed by atoms with van der Waals surface area (Å²) in [7, 11) is 5.64. The Balaban J connectivity index is 1.87. The summed E-state index contributed by atoms with van der Waals surface area (Å²) in [6, 6.07) is 5.13. The van der Waals surface area contributed by atoms with Crippen molar-refractivity contribution in [2.45, 2.75) is 12.5 Å². The van der Waals surface area contributed by atoms with E-state index in [9.17, 15) is 14.0 Å². The first kappa shape index (κ1) is 17.4. The number of benzene rings is 1. The van der Waals surface area contributed by atoms with Crippen molar-refractivity contribution in [2.75, 3.05) is 40.8 Å². The van der Waals surface area contributed by atoms with E-state index in [4.69, 9.17) is 0 Å². The molecule has 1 aromatic carbocycles. The average molecular weight is 346 g/mol. The van der Waals surface area contributed by atoms with Crippen molar-refractivity contribution in [1.29, 1.82) is 0 Å². The van der Waals surface area contributed by atoms with Gasteiger partial charge in [0.05, 0.1) is 23.9 Å². The summed E-state index contributed by atoms with van der Waals surface area (Å²) in [5.41, 5.74) is 1.82. The Morgan fingerprint density at radius 1 is 1.32 bits per heavy atom. The standard InChI is InChI=1S/C18H23FN4O2/c1-21(2)8-5-9-23-11-14-15(17(23)24)16(20-18(25)22(14)3)12-6-4-7-13(19)10-12/h4,6-7,10,16H,5,8-9,11H2,1-3H3,(H,20,25)/t16-/m0/s1. The van der Waals surface area contributed by atoms with Crippen LogP contribution in [-0.4, -0.2) is 67.4 Å². The molecule has 3 amide bonds. The van der Waals surface area contributed by atoms with E-state index in [0.29, 0.717) is 29.9 Å². The van der Waals surface area contributed by atoms with Crippen molar-refractivity contribution in [3.63, 3.8) is 0 Å². The lowest BCUT2D eigenvalue weighted by molar-refractivity contribution is -0.125. The van der Waals surface area contributed by atoms with Crippen molar-refractivity contribution >= 4 is 11.9 Å². The lowest BCUT2D eigenvalue weighted by Crippen LogP contribution is -2.45. The summed E-state index contributed by atoms with van der Waals surface area (Å²) in [5, 5.41) is 2.81. The molecule has 1 N–H and O–H groups in total. The first-order valence-corrected chi connectivity index (χ1v) is 8.35. The van der Waals surface area contributed by atoms with Gasteiger partial charge in [0, 0.05) is 13.6 Å². The molecule has 0 bridgehead atoms. The lowest BCUT2D eigenvalue weighted by atomic mass is 9.96. The monoisotopic (exact) mass is 346 g/mol. The molecule has 0 radical (unpaired) electrons.